The van der Waals surface area contributed by atoms with E-state index in [-0.39, 0.29) is 11.5 Å². The minimum atomic E-state index is -0.456. The molecule has 0 aliphatic heterocycles. The number of nitrogens with zero attached hydrogens (tertiary/aromatic N) is 2. The topological polar surface area (TPSA) is 101 Å². The highest BCUT2D eigenvalue weighted by molar-refractivity contribution is 6.07. The van der Waals surface area contributed by atoms with Crippen LogP contribution in [0.25, 0.3) is 17.1 Å². The number of aromatic amines is 1. The summed E-state index contributed by atoms with van der Waals surface area (Å²) in [5.41, 5.74) is 4.10. The fourth-order valence-corrected chi connectivity index (χ4v) is 3.00. The first-order valence-corrected chi connectivity index (χ1v) is 9.33. The number of aromatic nitrogens is 2. The SMILES string of the molecule is O=C(/C=C/c1ccc([N+](=O)[O-])cc1)c1ccc(NCc2nc3ccccc3[nH]2)cc1. The number of fused-ring (bicyclic) bond motifs is 1. The number of allylic oxidation sites excluding steroid dienone is 1. The van der Waals surface area contributed by atoms with Gasteiger partial charge in [-0.1, -0.05) is 18.2 Å². The number of nitrogens with one attached hydrogen (secondary N) is 2. The number of nitro benzene ring substituents is 1. The number of para-hydroxylation sites is 2. The van der Waals surface area contributed by atoms with Gasteiger partial charge in [0.15, 0.2) is 5.78 Å². The quantitative estimate of drug-likeness (QED) is 0.198. The fourth-order valence-electron chi connectivity index (χ4n) is 3.00. The molecule has 7 heteroatoms. The molecule has 3 aromatic carbocycles. The summed E-state index contributed by atoms with van der Waals surface area (Å²) >= 11 is 0. The largest absolute Gasteiger partial charge is 0.378 e. The Balaban J connectivity index is 1.36. The molecular formula is C23H18N4O3. The standard InChI is InChI=1S/C23H18N4O3/c28-22(14-7-16-5-12-19(13-6-16)27(29)30)17-8-10-18(11-9-17)24-15-23-25-20-3-1-2-4-21(20)26-23/h1-14,24H,15H2,(H,25,26)/b14-7+. The van der Waals surface area contributed by atoms with Gasteiger partial charge in [0.25, 0.3) is 5.69 Å². The molecule has 0 fully saturated rings. The van der Waals surface area contributed by atoms with Crippen molar-refractivity contribution in [2.75, 3.05) is 5.32 Å². The molecule has 2 N–H and O–H groups in total. The summed E-state index contributed by atoms with van der Waals surface area (Å²) in [6, 6.07) is 21.1. The van der Waals surface area contributed by atoms with Crippen LogP contribution in [0.2, 0.25) is 0 Å². The van der Waals surface area contributed by atoms with Gasteiger partial charge in [0, 0.05) is 23.4 Å². The second-order valence-corrected chi connectivity index (χ2v) is 6.68. The normalized spacial score (nSPS) is 11.1. The van der Waals surface area contributed by atoms with Crippen LogP contribution in [0.5, 0.6) is 0 Å². The van der Waals surface area contributed by atoms with Crippen molar-refractivity contribution >= 4 is 34.3 Å². The second-order valence-electron chi connectivity index (χ2n) is 6.68. The summed E-state index contributed by atoms with van der Waals surface area (Å²) < 4.78 is 0. The lowest BCUT2D eigenvalue weighted by Gasteiger charge is -2.05. The lowest BCUT2D eigenvalue weighted by atomic mass is 10.1. The van der Waals surface area contributed by atoms with Crippen molar-refractivity contribution in [3.05, 3.63) is 106 Å². The first-order chi connectivity index (χ1) is 14.6. The second kappa shape index (κ2) is 8.40. The molecule has 30 heavy (non-hydrogen) atoms. The van der Waals surface area contributed by atoms with Crippen LogP contribution in [0.1, 0.15) is 21.7 Å². The Morgan fingerprint density at radius 1 is 1.03 bits per heavy atom. The zero-order valence-corrected chi connectivity index (χ0v) is 15.9. The van der Waals surface area contributed by atoms with Crippen molar-refractivity contribution in [1.29, 1.82) is 0 Å². The Bertz CT molecular complexity index is 1190. The number of benzene rings is 3. The van der Waals surface area contributed by atoms with Gasteiger partial charge in [-0.05, 0) is 60.2 Å². The third kappa shape index (κ3) is 4.41. The molecule has 1 aromatic heterocycles. The number of imidazole rings is 1. The molecule has 0 aliphatic carbocycles. The van der Waals surface area contributed by atoms with Crippen LogP contribution in [-0.2, 0) is 6.54 Å². The predicted octanol–water partition coefficient (Wildman–Crippen LogP) is 4.98. The number of ketones is 1. The van der Waals surface area contributed by atoms with Gasteiger partial charge < -0.3 is 10.3 Å². The van der Waals surface area contributed by atoms with E-state index in [1.165, 1.54) is 18.2 Å². The molecule has 0 spiro atoms. The van der Waals surface area contributed by atoms with E-state index in [9.17, 15) is 14.9 Å². The molecule has 4 rings (SSSR count). The number of carbonyl (C=O) groups is 1. The van der Waals surface area contributed by atoms with Gasteiger partial charge in [-0.3, -0.25) is 14.9 Å². The molecule has 0 amide bonds. The Kier molecular flexibility index (Phi) is 5.34. The minimum absolute atomic E-state index is 0.0178. The van der Waals surface area contributed by atoms with Crippen molar-refractivity contribution in [3.8, 4) is 0 Å². The van der Waals surface area contributed by atoms with Gasteiger partial charge >= 0.3 is 0 Å². The summed E-state index contributed by atoms with van der Waals surface area (Å²) in [7, 11) is 0. The lowest BCUT2D eigenvalue weighted by Crippen LogP contribution is -2.02. The van der Waals surface area contributed by atoms with Gasteiger partial charge in [-0.15, -0.1) is 0 Å². The first kappa shape index (κ1) is 19.1. The van der Waals surface area contributed by atoms with Crippen LogP contribution < -0.4 is 5.32 Å². The van der Waals surface area contributed by atoms with Crippen LogP contribution in [0.15, 0.2) is 78.9 Å². The molecule has 0 aliphatic rings. The Morgan fingerprint density at radius 3 is 2.47 bits per heavy atom. The summed E-state index contributed by atoms with van der Waals surface area (Å²) in [6.07, 6.45) is 3.10. The Morgan fingerprint density at radius 2 is 1.77 bits per heavy atom. The van der Waals surface area contributed by atoms with Crippen LogP contribution >= 0.6 is 0 Å². The van der Waals surface area contributed by atoms with Crippen molar-refractivity contribution in [2.24, 2.45) is 0 Å². The minimum Gasteiger partial charge on any atom is -0.378 e. The highest BCUT2D eigenvalue weighted by atomic mass is 16.6. The molecule has 0 unspecified atom stereocenters. The number of anilines is 1. The van der Waals surface area contributed by atoms with E-state index in [2.05, 4.69) is 15.3 Å². The average Bonchev–Trinajstić information content (AvgIpc) is 3.20. The van der Waals surface area contributed by atoms with Crippen LogP contribution in [0.4, 0.5) is 11.4 Å². The molecule has 0 atom stereocenters. The van der Waals surface area contributed by atoms with Gasteiger partial charge in [-0.2, -0.15) is 0 Å². The number of H-pyrrole nitrogens is 1. The maximum atomic E-state index is 12.4. The Labute approximate surface area is 172 Å². The van der Waals surface area contributed by atoms with E-state index >= 15 is 0 Å². The van der Waals surface area contributed by atoms with Crippen LogP contribution in [-0.4, -0.2) is 20.7 Å². The number of carbonyl (C=O) groups excluding carboxylic acids is 1. The number of rotatable bonds is 7. The molecule has 0 saturated heterocycles. The summed E-state index contributed by atoms with van der Waals surface area (Å²) in [5, 5.41) is 14.0. The van der Waals surface area contributed by atoms with Gasteiger partial charge in [0.2, 0.25) is 0 Å². The van der Waals surface area contributed by atoms with Crippen LogP contribution in [0.3, 0.4) is 0 Å². The Hall–Kier alpha value is -4.26. The zero-order chi connectivity index (χ0) is 20.9. The number of hydrogen-bond acceptors (Lipinski definition) is 5. The highest BCUT2D eigenvalue weighted by Crippen LogP contribution is 2.16. The molecule has 4 aromatic rings. The van der Waals surface area contributed by atoms with Gasteiger partial charge in [0.05, 0.1) is 22.5 Å². The summed E-state index contributed by atoms with van der Waals surface area (Å²) in [6.45, 7) is 0.544. The van der Waals surface area contributed by atoms with Crippen molar-refractivity contribution in [3.63, 3.8) is 0 Å². The van der Waals surface area contributed by atoms with E-state index in [0.717, 1.165) is 28.1 Å². The van der Waals surface area contributed by atoms with E-state index in [1.54, 1.807) is 30.3 Å². The van der Waals surface area contributed by atoms with Crippen molar-refractivity contribution in [1.82, 2.24) is 9.97 Å². The van der Waals surface area contributed by atoms with Gasteiger partial charge in [-0.25, -0.2) is 4.98 Å². The third-order valence-electron chi connectivity index (χ3n) is 4.60. The van der Waals surface area contributed by atoms with Crippen molar-refractivity contribution in [2.45, 2.75) is 6.54 Å². The molecule has 1 heterocycles. The molecule has 7 nitrogen and oxygen atoms in total. The summed E-state index contributed by atoms with van der Waals surface area (Å²) in [5.74, 6) is 0.694. The monoisotopic (exact) mass is 398 g/mol. The predicted molar refractivity (Wildman–Crippen MR) is 116 cm³/mol. The molecule has 0 saturated carbocycles. The zero-order valence-electron chi connectivity index (χ0n) is 15.9. The smallest absolute Gasteiger partial charge is 0.269 e. The fraction of sp³-hybridized carbons (Fsp3) is 0.0435. The first-order valence-electron chi connectivity index (χ1n) is 9.33. The highest BCUT2D eigenvalue weighted by Gasteiger charge is 2.05. The maximum absolute atomic E-state index is 12.4. The van der Waals surface area contributed by atoms with E-state index in [4.69, 9.17) is 0 Å². The molecule has 0 radical (unpaired) electrons. The molecule has 0 bridgehead atoms. The van der Waals surface area contributed by atoms with E-state index in [0.29, 0.717) is 12.1 Å². The third-order valence-corrected chi connectivity index (χ3v) is 4.60. The van der Waals surface area contributed by atoms with Gasteiger partial charge in [0.1, 0.15) is 5.82 Å². The van der Waals surface area contributed by atoms with Crippen LogP contribution in [0, 0.1) is 10.1 Å². The summed E-state index contributed by atoms with van der Waals surface area (Å²) in [4.78, 5) is 30.4. The maximum Gasteiger partial charge on any atom is 0.269 e. The van der Waals surface area contributed by atoms with Crippen molar-refractivity contribution < 1.29 is 9.72 Å². The van der Waals surface area contributed by atoms with E-state index < -0.39 is 4.92 Å². The molecule has 148 valence electrons. The number of nitro groups is 1. The average molecular weight is 398 g/mol. The number of non-ortho nitro benzene ring substituents is 1. The number of hydrogen-bond donors (Lipinski definition) is 2. The molecular weight excluding hydrogens is 380 g/mol. The van der Waals surface area contributed by atoms with E-state index in [1.807, 2.05) is 36.4 Å². The lowest BCUT2D eigenvalue weighted by molar-refractivity contribution is -0.384.